The van der Waals surface area contributed by atoms with Crippen molar-refractivity contribution in [1.29, 1.82) is 0 Å². The average Bonchev–Trinajstić information content (AvgIpc) is 2.05. The lowest BCUT2D eigenvalue weighted by atomic mass is 9.94. The Kier molecular flexibility index (Phi) is 1.42. The Morgan fingerprint density at radius 1 is 1.30 bits per heavy atom. The molecule has 1 nitrogen and oxygen atoms in total. The Balaban J connectivity index is 2.41. The van der Waals surface area contributed by atoms with Gasteiger partial charge in [-0.3, -0.25) is 4.98 Å². The van der Waals surface area contributed by atoms with Crippen molar-refractivity contribution in [1.82, 2.24) is 4.98 Å². The molecule has 1 aliphatic rings. The van der Waals surface area contributed by atoms with Crippen molar-refractivity contribution in [2.75, 3.05) is 0 Å². The van der Waals surface area contributed by atoms with Crippen molar-refractivity contribution in [3.8, 4) is 0 Å². The van der Waals surface area contributed by atoms with Crippen LogP contribution in [-0.2, 0) is 12.8 Å². The Morgan fingerprint density at radius 2 is 2.30 bits per heavy atom. The standard InChI is InChI=1S/C9H10N/c1-2-4-9-7-10-6-5-8(9)3-1/h1,5-7H,2-4H2. The number of fused-ring (bicyclic) bond motifs is 1. The molecule has 1 aliphatic carbocycles. The number of aryl methyl sites for hydroxylation is 1. The number of aromatic nitrogens is 1. The van der Waals surface area contributed by atoms with Gasteiger partial charge in [0.05, 0.1) is 0 Å². The highest BCUT2D eigenvalue weighted by molar-refractivity contribution is 5.27. The molecule has 1 aromatic rings. The van der Waals surface area contributed by atoms with E-state index in [1.807, 2.05) is 12.4 Å². The third kappa shape index (κ3) is 0.919. The molecule has 1 radical (unpaired) electrons. The lowest BCUT2D eigenvalue weighted by Gasteiger charge is -2.12. The Labute approximate surface area is 61.1 Å². The third-order valence-electron chi connectivity index (χ3n) is 1.99. The molecule has 0 aliphatic heterocycles. The summed E-state index contributed by atoms with van der Waals surface area (Å²) >= 11 is 0. The fourth-order valence-corrected chi connectivity index (χ4v) is 1.40. The highest BCUT2D eigenvalue weighted by Crippen LogP contribution is 2.18. The molecule has 0 unspecified atom stereocenters. The fourth-order valence-electron chi connectivity index (χ4n) is 1.40. The second-order valence-electron chi connectivity index (χ2n) is 2.68. The van der Waals surface area contributed by atoms with Gasteiger partial charge in [-0.05, 0) is 42.9 Å². The molecule has 0 spiro atoms. The summed E-state index contributed by atoms with van der Waals surface area (Å²) in [5.74, 6) is 0. The fraction of sp³-hybridized carbons (Fsp3) is 0.333. The van der Waals surface area contributed by atoms with Gasteiger partial charge in [-0.1, -0.05) is 0 Å². The first-order chi connectivity index (χ1) is 4.97. The summed E-state index contributed by atoms with van der Waals surface area (Å²) in [6.45, 7) is 0. The minimum Gasteiger partial charge on any atom is -0.264 e. The molecule has 0 fully saturated rings. The number of hydrogen-bond donors (Lipinski definition) is 0. The number of pyridine rings is 1. The van der Waals surface area contributed by atoms with Crippen LogP contribution < -0.4 is 0 Å². The van der Waals surface area contributed by atoms with E-state index in [1.54, 1.807) is 0 Å². The van der Waals surface area contributed by atoms with Gasteiger partial charge in [0.2, 0.25) is 0 Å². The molecule has 0 saturated heterocycles. The van der Waals surface area contributed by atoms with Crippen LogP contribution in [0.15, 0.2) is 18.5 Å². The molecule has 1 heterocycles. The quantitative estimate of drug-likeness (QED) is 0.524. The molecule has 0 N–H and O–H groups in total. The van der Waals surface area contributed by atoms with Crippen LogP contribution in [0.3, 0.4) is 0 Å². The summed E-state index contributed by atoms with van der Waals surface area (Å²) in [6, 6.07) is 2.12. The lowest BCUT2D eigenvalue weighted by molar-refractivity contribution is 0.821. The van der Waals surface area contributed by atoms with Crippen molar-refractivity contribution in [2.45, 2.75) is 19.3 Å². The minimum atomic E-state index is 1.14. The van der Waals surface area contributed by atoms with E-state index >= 15 is 0 Å². The van der Waals surface area contributed by atoms with Crippen molar-refractivity contribution in [3.05, 3.63) is 36.0 Å². The van der Waals surface area contributed by atoms with E-state index in [1.165, 1.54) is 24.0 Å². The molecular formula is C9H10N. The molecule has 1 heteroatoms. The van der Waals surface area contributed by atoms with Crippen LogP contribution in [0.1, 0.15) is 17.5 Å². The van der Waals surface area contributed by atoms with E-state index in [9.17, 15) is 0 Å². The van der Waals surface area contributed by atoms with Gasteiger partial charge < -0.3 is 0 Å². The van der Waals surface area contributed by atoms with E-state index in [0.29, 0.717) is 0 Å². The molecule has 0 amide bonds. The predicted octanol–water partition coefficient (Wildman–Crippen LogP) is 1.77. The summed E-state index contributed by atoms with van der Waals surface area (Å²) in [5.41, 5.74) is 2.89. The molecule has 0 atom stereocenters. The number of rotatable bonds is 0. The summed E-state index contributed by atoms with van der Waals surface area (Å²) in [4.78, 5) is 4.08. The lowest BCUT2D eigenvalue weighted by Crippen LogP contribution is -2.02. The second kappa shape index (κ2) is 2.41. The van der Waals surface area contributed by atoms with Gasteiger partial charge in [0.15, 0.2) is 0 Å². The van der Waals surface area contributed by atoms with Gasteiger partial charge in [0.1, 0.15) is 0 Å². The smallest absolute Gasteiger partial charge is 0.0302 e. The topological polar surface area (TPSA) is 12.9 Å². The zero-order valence-corrected chi connectivity index (χ0v) is 5.88. The molecule has 0 saturated carbocycles. The minimum absolute atomic E-state index is 1.14. The van der Waals surface area contributed by atoms with Gasteiger partial charge in [0.25, 0.3) is 0 Å². The molecule has 10 heavy (non-hydrogen) atoms. The molecule has 2 rings (SSSR count). The van der Waals surface area contributed by atoms with Crippen LogP contribution in [0.2, 0.25) is 0 Å². The zero-order valence-electron chi connectivity index (χ0n) is 5.88. The van der Waals surface area contributed by atoms with Crippen molar-refractivity contribution >= 4 is 0 Å². The number of nitrogens with zero attached hydrogens (tertiary/aromatic N) is 1. The van der Waals surface area contributed by atoms with E-state index in [2.05, 4.69) is 17.5 Å². The van der Waals surface area contributed by atoms with E-state index in [4.69, 9.17) is 0 Å². The van der Waals surface area contributed by atoms with Gasteiger partial charge in [-0.15, -0.1) is 0 Å². The normalized spacial score (nSPS) is 16.4. The van der Waals surface area contributed by atoms with Crippen molar-refractivity contribution in [3.63, 3.8) is 0 Å². The maximum Gasteiger partial charge on any atom is 0.0302 e. The first kappa shape index (κ1) is 5.90. The first-order valence-corrected chi connectivity index (χ1v) is 3.70. The number of hydrogen-bond acceptors (Lipinski definition) is 1. The van der Waals surface area contributed by atoms with E-state index in [0.717, 1.165) is 6.42 Å². The highest BCUT2D eigenvalue weighted by atomic mass is 14.6. The SMILES string of the molecule is [CH]1CCc2cnccc2C1. The van der Waals surface area contributed by atoms with Gasteiger partial charge in [0, 0.05) is 12.4 Å². The molecule has 0 bridgehead atoms. The molecular weight excluding hydrogens is 122 g/mol. The Bertz CT molecular complexity index is 205. The molecule has 51 valence electrons. The van der Waals surface area contributed by atoms with Crippen LogP contribution in [0, 0.1) is 6.42 Å². The van der Waals surface area contributed by atoms with Crippen LogP contribution in [0.25, 0.3) is 0 Å². The second-order valence-corrected chi connectivity index (χ2v) is 2.68. The summed E-state index contributed by atoms with van der Waals surface area (Å²) in [5, 5.41) is 0. The van der Waals surface area contributed by atoms with Gasteiger partial charge in [-0.2, -0.15) is 0 Å². The van der Waals surface area contributed by atoms with E-state index in [-0.39, 0.29) is 0 Å². The monoisotopic (exact) mass is 132 g/mol. The zero-order chi connectivity index (χ0) is 6.81. The summed E-state index contributed by atoms with van der Waals surface area (Å²) in [6.07, 6.45) is 9.74. The highest BCUT2D eigenvalue weighted by Gasteiger charge is 2.06. The third-order valence-corrected chi connectivity index (χ3v) is 1.99. The largest absolute Gasteiger partial charge is 0.264 e. The maximum atomic E-state index is 4.08. The summed E-state index contributed by atoms with van der Waals surface area (Å²) < 4.78 is 0. The van der Waals surface area contributed by atoms with Crippen LogP contribution in [0.5, 0.6) is 0 Å². The van der Waals surface area contributed by atoms with E-state index < -0.39 is 0 Å². The Hall–Kier alpha value is -0.850. The van der Waals surface area contributed by atoms with Crippen molar-refractivity contribution in [2.24, 2.45) is 0 Å². The van der Waals surface area contributed by atoms with Crippen molar-refractivity contribution < 1.29 is 0 Å². The first-order valence-electron chi connectivity index (χ1n) is 3.70. The predicted molar refractivity (Wildman–Crippen MR) is 40.6 cm³/mol. The average molecular weight is 132 g/mol. The molecule has 1 aromatic heterocycles. The van der Waals surface area contributed by atoms with Crippen LogP contribution in [0.4, 0.5) is 0 Å². The van der Waals surface area contributed by atoms with Gasteiger partial charge >= 0.3 is 0 Å². The molecule has 0 aromatic carbocycles. The van der Waals surface area contributed by atoms with Gasteiger partial charge in [-0.25, -0.2) is 0 Å². The Morgan fingerprint density at radius 3 is 3.20 bits per heavy atom. The van der Waals surface area contributed by atoms with Crippen LogP contribution in [-0.4, -0.2) is 4.98 Å². The maximum absolute atomic E-state index is 4.08. The van der Waals surface area contributed by atoms with Crippen LogP contribution >= 0.6 is 0 Å². The summed E-state index contributed by atoms with van der Waals surface area (Å²) in [7, 11) is 0.